The van der Waals surface area contributed by atoms with Gasteiger partial charge in [0.25, 0.3) is 0 Å². The lowest BCUT2D eigenvalue weighted by Gasteiger charge is -2.49. The summed E-state index contributed by atoms with van der Waals surface area (Å²) in [6.07, 6.45) is 1.11. The zero-order valence-electron chi connectivity index (χ0n) is 11.7. The highest BCUT2D eigenvalue weighted by Crippen LogP contribution is 2.41. The quantitative estimate of drug-likeness (QED) is 0.902. The highest BCUT2D eigenvalue weighted by molar-refractivity contribution is 7.89. The second-order valence-corrected chi connectivity index (χ2v) is 8.02. The van der Waals surface area contributed by atoms with E-state index >= 15 is 0 Å². The van der Waals surface area contributed by atoms with Gasteiger partial charge in [-0.15, -0.1) is 0 Å². The molecule has 1 saturated carbocycles. The molecule has 3 rings (SSSR count). The van der Waals surface area contributed by atoms with Crippen LogP contribution in [0.4, 0.5) is 0 Å². The Morgan fingerprint density at radius 1 is 1.36 bits per heavy atom. The maximum absolute atomic E-state index is 12.8. The Labute approximate surface area is 133 Å². The fourth-order valence-corrected chi connectivity index (χ4v) is 4.91. The monoisotopic (exact) mass is 345 g/mol. The second-order valence-electron chi connectivity index (χ2n) is 5.71. The minimum atomic E-state index is -3.85. The molecule has 2 aliphatic rings. The van der Waals surface area contributed by atoms with Gasteiger partial charge in [-0.3, -0.25) is 0 Å². The first kappa shape index (κ1) is 15.7. The number of hydrogen-bond acceptors (Lipinski definition) is 4. The SMILES string of the molecule is O=C(O)C1CN(S(=O)(=O)c2ccccc2Cl)CC2(CCC2)O1. The molecule has 1 aromatic carbocycles. The number of rotatable bonds is 3. The third-order valence-corrected chi connectivity index (χ3v) is 6.53. The molecule has 8 heteroatoms. The zero-order chi connectivity index (χ0) is 16.0. The molecule has 120 valence electrons. The maximum atomic E-state index is 12.8. The summed E-state index contributed by atoms with van der Waals surface area (Å²) in [5, 5.41) is 9.35. The molecule has 0 radical (unpaired) electrons. The van der Waals surface area contributed by atoms with E-state index in [0.29, 0.717) is 12.8 Å². The van der Waals surface area contributed by atoms with E-state index in [2.05, 4.69) is 0 Å². The van der Waals surface area contributed by atoms with Crippen LogP contribution in [0.15, 0.2) is 29.2 Å². The van der Waals surface area contributed by atoms with E-state index in [4.69, 9.17) is 16.3 Å². The molecule has 1 aromatic rings. The van der Waals surface area contributed by atoms with Gasteiger partial charge in [0.05, 0.1) is 17.2 Å². The van der Waals surface area contributed by atoms with E-state index in [0.717, 1.165) is 6.42 Å². The van der Waals surface area contributed by atoms with Crippen LogP contribution in [-0.2, 0) is 19.6 Å². The van der Waals surface area contributed by atoms with E-state index in [9.17, 15) is 18.3 Å². The fraction of sp³-hybridized carbons (Fsp3) is 0.500. The predicted molar refractivity (Wildman–Crippen MR) is 79.3 cm³/mol. The van der Waals surface area contributed by atoms with Crippen LogP contribution in [0.2, 0.25) is 5.02 Å². The smallest absolute Gasteiger partial charge is 0.334 e. The zero-order valence-corrected chi connectivity index (χ0v) is 13.3. The molecular formula is C14H16ClNO5S. The summed E-state index contributed by atoms with van der Waals surface area (Å²) < 4.78 is 32.4. The molecule has 1 saturated heterocycles. The summed E-state index contributed by atoms with van der Waals surface area (Å²) in [7, 11) is -3.85. The Balaban J connectivity index is 1.95. The number of nitrogens with zero attached hydrogens (tertiary/aromatic N) is 1. The Bertz CT molecular complexity index is 701. The minimum absolute atomic E-state index is 0.00261. The molecule has 2 fully saturated rings. The van der Waals surface area contributed by atoms with Gasteiger partial charge in [0.1, 0.15) is 4.90 Å². The molecule has 22 heavy (non-hydrogen) atoms. The van der Waals surface area contributed by atoms with Crippen molar-refractivity contribution >= 4 is 27.6 Å². The first-order valence-electron chi connectivity index (χ1n) is 6.99. The Morgan fingerprint density at radius 3 is 2.59 bits per heavy atom. The van der Waals surface area contributed by atoms with Gasteiger partial charge in [0.2, 0.25) is 10.0 Å². The summed E-state index contributed by atoms with van der Waals surface area (Å²) in [5.74, 6) is -1.15. The van der Waals surface area contributed by atoms with E-state index < -0.39 is 27.7 Å². The van der Waals surface area contributed by atoms with Gasteiger partial charge in [-0.25, -0.2) is 13.2 Å². The van der Waals surface area contributed by atoms with Gasteiger partial charge < -0.3 is 9.84 Å². The Kier molecular flexibility index (Phi) is 3.92. The average molecular weight is 346 g/mol. The molecule has 1 spiro atoms. The number of halogens is 1. The third-order valence-electron chi connectivity index (χ3n) is 4.22. The molecule has 1 unspecified atom stereocenters. The standard InChI is InChI=1S/C14H16ClNO5S/c15-10-4-1-2-5-12(10)22(19,20)16-8-11(13(17)18)21-14(9-16)6-3-7-14/h1-2,4-5,11H,3,6-9H2,(H,17,18). The van der Waals surface area contributed by atoms with E-state index in [1.54, 1.807) is 12.1 Å². The molecule has 1 aliphatic heterocycles. The molecule has 1 N–H and O–H groups in total. The third kappa shape index (κ3) is 2.62. The number of carboxylic acids is 1. The number of carboxylic acid groups (broad SMARTS) is 1. The first-order chi connectivity index (χ1) is 10.3. The summed E-state index contributed by atoms with van der Waals surface area (Å²) in [6.45, 7) is -0.0328. The van der Waals surface area contributed by atoms with Gasteiger partial charge in [0.15, 0.2) is 6.10 Å². The Hall–Kier alpha value is -1.15. The molecule has 0 aromatic heterocycles. The number of morpholine rings is 1. The lowest BCUT2D eigenvalue weighted by Crippen LogP contribution is -2.61. The van der Waals surface area contributed by atoms with Crippen molar-refractivity contribution < 1.29 is 23.1 Å². The number of ether oxygens (including phenoxy) is 1. The second kappa shape index (κ2) is 5.49. The number of sulfonamides is 1. The lowest BCUT2D eigenvalue weighted by molar-refractivity contribution is -0.195. The van der Waals surface area contributed by atoms with Crippen LogP contribution < -0.4 is 0 Å². The molecule has 0 bridgehead atoms. The molecule has 0 amide bonds. The molecule has 1 atom stereocenters. The molecule has 1 heterocycles. The fourth-order valence-electron chi connectivity index (χ4n) is 2.90. The van der Waals surface area contributed by atoms with Crippen molar-refractivity contribution in [2.45, 2.75) is 35.9 Å². The van der Waals surface area contributed by atoms with Crippen LogP contribution in [0.3, 0.4) is 0 Å². The van der Waals surface area contributed by atoms with Gasteiger partial charge in [-0.05, 0) is 31.4 Å². The van der Waals surface area contributed by atoms with Gasteiger partial charge in [-0.2, -0.15) is 4.31 Å². The van der Waals surface area contributed by atoms with Crippen molar-refractivity contribution in [1.29, 1.82) is 0 Å². The number of carbonyl (C=O) groups is 1. The number of hydrogen-bond donors (Lipinski definition) is 1. The van der Waals surface area contributed by atoms with Gasteiger partial charge >= 0.3 is 5.97 Å². The number of aliphatic carboxylic acids is 1. The summed E-state index contributed by atoms with van der Waals surface area (Å²) in [5.41, 5.74) is -0.671. The van der Waals surface area contributed by atoms with Crippen molar-refractivity contribution in [2.24, 2.45) is 0 Å². The lowest BCUT2D eigenvalue weighted by atomic mass is 9.79. The van der Waals surface area contributed by atoms with Crippen LogP contribution in [-0.4, -0.2) is 48.6 Å². The van der Waals surface area contributed by atoms with Crippen molar-refractivity contribution in [2.75, 3.05) is 13.1 Å². The predicted octanol–water partition coefficient (Wildman–Crippen LogP) is 1.74. The molecular weight excluding hydrogens is 330 g/mol. The van der Waals surface area contributed by atoms with Crippen molar-refractivity contribution in [3.05, 3.63) is 29.3 Å². The first-order valence-corrected chi connectivity index (χ1v) is 8.81. The van der Waals surface area contributed by atoms with E-state index in [1.807, 2.05) is 0 Å². The summed E-state index contributed by atoms with van der Waals surface area (Å²) >= 11 is 5.99. The Morgan fingerprint density at radius 2 is 2.05 bits per heavy atom. The molecule has 6 nitrogen and oxygen atoms in total. The highest BCUT2D eigenvalue weighted by Gasteiger charge is 2.50. The van der Waals surface area contributed by atoms with Crippen molar-refractivity contribution in [3.8, 4) is 0 Å². The summed E-state index contributed by atoms with van der Waals surface area (Å²) in [4.78, 5) is 11.3. The van der Waals surface area contributed by atoms with Crippen LogP contribution in [0.5, 0.6) is 0 Å². The normalized spacial score (nSPS) is 24.9. The maximum Gasteiger partial charge on any atom is 0.334 e. The van der Waals surface area contributed by atoms with E-state index in [-0.39, 0.29) is 23.0 Å². The molecule has 1 aliphatic carbocycles. The van der Waals surface area contributed by atoms with Crippen molar-refractivity contribution in [3.63, 3.8) is 0 Å². The van der Waals surface area contributed by atoms with Crippen LogP contribution in [0, 0.1) is 0 Å². The van der Waals surface area contributed by atoms with Crippen LogP contribution in [0.25, 0.3) is 0 Å². The summed E-state index contributed by atoms with van der Waals surface area (Å²) in [6, 6.07) is 6.17. The van der Waals surface area contributed by atoms with Crippen LogP contribution in [0.1, 0.15) is 19.3 Å². The topological polar surface area (TPSA) is 83.9 Å². The minimum Gasteiger partial charge on any atom is -0.479 e. The number of benzene rings is 1. The van der Waals surface area contributed by atoms with Gasteiger partial charge in [0, 0.05) is 6.54 Å². The average Bonchev–Trinajstić information content (AvgIpc) is 2.45. The van der Waals surface area contributed by atoms with Crippen LogP contribution >= 0.6 is 11.6 Å². The van der Waals surface area contributed by atoms with Gasteiger partial charge in [-0.1, -0.05) is 23.7 Å². The highest BCUT2D eigenvalue weighted by atomic mass is 35.5. The van der Waals surface area contributed by atoms with Crippen molar-refractivity contribution in [1.82, 2.24) is 4.31 Å². The largest absolute Gasteiger partial charge is 0.479 e. The van der Waals surface area contributed by atoms with E-state index in [1.165, 1.54) is 16.4 Å².